The van der Waals surface area contributed by atoms with Crippen LogP contribution in [0.25, 0.3) is 0 Å². The van der Waals surface area contributed by atoms with Crippen LogP contribution in [-0.4, -0.2) is 48.4 Å². The summed E-state index contributed by atoms with van der Waals surface area (Å²) < 4.78 is 5.63. The maximum absolute atomic E-state index is 12.8. The van der Waals surface area contributed by atoms with Crippen molar-refractivity contribution in [1.82, 2.24) is 10.2 Å². The van der Waals surface area contributed by atoms with Crippen molar-refractivity contribution in [3.05, 3.63) is 28.2 Å². The molecule has 2 heterocycles. The highest BCUT2D eigenvalue weighted by Gasteiger charge is 2.35. The van der Waals surface area contributed by atoms with Crippen molar-refractivity contribution in [2.75, 3.05) is 13.7 Å². The molecule has 1 saturated heterocycles. The van der Waals surface area contributed by atoms with E-state index in [1.165, 1.54) is 12.7 Å². The molecular formula is C18H22BrN3O3. The fourth-order valence-corrected chi connectivity index (χ4v) is 3.88. The van der Waals surface area contributed by atoms with Crippen LogP contribution < -0.4 is 5.32 Å². The summed E-state index contributed by atoms with van der Waals surface area (Å²) in [7, 11) is 1.29. The summed E-state index contributed by atoms with van der Waals surface area (Å²) in [5.74, 6) is -0.0880. The highest BCUT2D eigenvalue weighted by atomic mass is 79.9. The van der Waals surface area contributed by atoms with E-state index in [1.807, 2.05) is 17.0 Å². The molecule has 1 fully saturated rings. The Balaban J connectivity index is 1.76. The van der Waals surface area contributed by atoms with Gasteiger partial charge in [0, 0.05) is 23.1 Å². The van der Waals surface area contributed by atoms with Gasteiger partial charge in [0.1, 0.15) is 6.04 Å². The van der Waals surface area contributed by atoms with E-state index < -0.39 is 12.1 Å². The second-order valence-corrected chi connectivity index (χ2v) is 7.37. The van der Waals surface area contributed by atoms with E-state index in [4.69, 9.17) is 4.99 Å². The molecule has 0 aromatic heterocycles. The van der Waals surface area contributed by atoms with Crippen molar-refractivity contribution in [1.29, 1.82) is 0 Å². The molecule has 2 aliphatic rings. The predicted molar refractivity (Wildman–Crippen MR) is 99.3 cm³/mol. The summed E-state index contributed by atoms with van der Waals surface area (Å²) in [6, 6.07) is 5.45. The lowest BCUT2D eigenvalue weighted by Gasteiger charge is -2.37. The standard InChI is InChI=1S/C18H22BrN3O3/c1-11(20-18(24)25-2)17(23)22-8-4-3-5-16(22)15-10-12-9-13(19)6-7-14(12)21-15/h6-7,9,11,16H,3-5,8,10H2,1-2H3,(H,20,24)/t11-,16-/m0/s1. The number of ether oxygens (including phenoxy) is 1. The summed E-state index contributed by atoms with van der Waals surface area (Å²) >= 11 is 3.50. The summed E-state index contributed by atoms with van der Waals surface area (Å²) in [4.78, 5) is 30.9. The Bertz CT molecular complexity index is 720. The molecule has 3 rings (SSSR count). The number of methoxy groups -OCH3 is 1. The summed E-state index contributed by atoms with van der Waals surface area (Å²) in [6.07, 6.45) is 3.13. The first-order chi connectivity index (χ1) is 12.0. The third-order valence-electron chi connectivity index (χ3n) is 4.74. The fourth-order valence-electron chi connectivity index (χ4n) is 3.47. The molecule has 2 aliphatic heterocycles. The number of likely N-dealkylation sites (tertiary alicyclic amines) is 1. The third kappa shape index (κ3) is 3.86. The van der Waals surface area contributed by atoms with Crippen LogP contribution >= 0.6 is 15.9 Å². The number of nitrogens with one attached hydrogen (secondary N) is 1. The van der Waals surface area contributed by atoms with Crippen LogP contribution in [0.2, 0.25) is 0 Å². The average molecular weight is 408 g/mol. The van der Waals surface area contributed by atoms with E-state index in [2.05, 4.69) is 32.0 Å². The number of hydrogen-bond acceptors (Lipinski definition) is 4. The number of alkyl carbamates (subject to hydrolysis) is 1. The largest absolute Gasteiger partial charge is 0.453 e. The number of carbonyl (C=O) groups excluding carboxylic acids is 2. The van der Waals surface area contributed by atoms with Crippen molar-refractivity contribution in [2.24, 2.45) is 4.99 Å². The lowest BCUT2D eigenvalue weighted by atomic mass is 9.94. The van der Waals surface area contributed by atoms with Crippen LogP contribution in [0.1, 0.15) is 31.7 Å². The van der Waals surface area contributed by atoms with Crippen molar-refractivity contribution in [3.8, 4) is 0 Å². The molecule has 0 radical (unpaired) electrons. The molecule has 0 bridgehead atoms. The Morgan fingerprint density at radius 1 is 1.40 bits per heavy atom. The minimum absolute atomic E-state index is 0.00526. The Morgan fingerprint density at radius 2 is 2.20 bits per heavy atom. The van der Waals surface area contributed by atoms with Crippen LogP contribution in [-0.2, 0) is 16.0 Å². The summed E-state index contributed by atoms with van der Waals surface area (Å²) in [6.45, 7) is 2.38. The number of benzene rings is 1. The quantitative estimate of drug-likeness (QED) is 0.835. The first kappa shape index (κ1) is 17.9. The summed E-state index contributed by atoms with van der Waals surface area (Å²) in [5.41, 5.74) is 3.20. The maximum atomic E-state index is 12.8. The lowest BCUT2D eigenvalue weighted by Crippen LogP contribution is -2.54. The van der Waals surface area contributed by atoms with Gasteiger partial charge in [0.2, 0.25) is 5.91 Å². The second-order valence-electron chi connectivity index (χ2n) is 6.45. The third-order valence-corrected chi connectivity index (χ3v) is 5.23. The minimum atomic E-state index is -0.619. The van der Waals surface area contributed by atoms with E-state index >= 15 is 0 Å². The normalized spacial score (nSPS) is 20.5. The SMILES string of the molecule is COC(=O)N[C@@H](C)C(=O)N1CCCC[C@H]1C1=Nc2ccc(Br)cc2C1. The molecule has 1 N–H and O–H groups in total. The highest BCUT2D eigenvalue weighted by Crippen LogP contribution is 2.33. The zero-order valence-electron chi connectivity index (χ0n) is 14.4. The van der Waals surface area contributed by atoms with Gasteiger partial charge < -0.3 is 15.0 Å². The van der Waals surface area contributed by atoms with E-state index in [9.17, 15) is 9.59 Å². The van der Waals surface area contributed by atoms with Crippen molar-refractivity contribution in [2.45, 2.75) is 44.7 Å². The number of halogens is 1. The number of nitrogens with zero attached hydrogens (tertiary/aromatic N) is 2. The molecule has 1 aromatic rings. The van der Waals surface area contributed by atoms with Gasteiger partial charge in [-0.3, -0.25) is 9.79 Å². The van der Waals surface area contributed by atoms with Gasteiger partial charge in [0.15, 0.2) is 0 Å². The second kappa shape index (κ2) is 7.56. The van der Waals surface area contributed by atoms with Gasteiger partial charge in [-0.15, -0.1) is 0 Å². The molecule has 2 atom stereocenters. The van der Waals surface area contributed by atoms with Gasteiger partial charge >= 0.3 is 6.09 Å². The van der Waals surface area contributed by atoms with Gasteiger partial charge in [-0.1, -0.05) is 15.9 Å². The number of piperidine rings is 1. The monoisotopic (exact) mass is 407 g/mol. The number of carbonyl (C=O) groups is 2. The van der Waals surface area contributed by atoms with E-state index in [0.29, 0.717) is 6.54 Å². The number of amides is 2. The minimum Gasteiger partial charge on any atom is -0.453 e. The predicted octanol–water partition coefficient (Wildman–Crippen LogP) is 3.20. The van der Waals surface area contributed by atoms with Crippen LogP contribution in [0.15, 0.2) is 27.7 Å². The molecule has 2 amide bonds. The van der Waals surface area contributed by atoms with E-state index in [-0.39, 0.29) is 11.9 Å². The molecule has 1 aromatic carbocycles. The van der Waals surface area contributed by atoms with Gasteiger partial charge in [0.25, 0.3) is 0 Å². The highest BCUT2D eigenvalue weighted by molar-refractivity contribution is 9.10. The Kier molecular flexibility index (Phi) is 5.42. The maximum Gasteiger partial charge on any atom is 0.407 e. The number of fused-ring (bicyclic) bond motifs is 1. The van der Waals surface area contributed by atoms with Crippen LogP contribution in [0, 0.1) is 0 Å². The Hall–Kier alpha value is -1.89. The van der Waals surface area contributed by atoms with Gasteiger partial charge in [-0.2, -0.15) is 0 Å². The van der Waals surface area contributed by atoms with Gasteiger partial charge in [-0.25, -0.2) is 4.79 Å². The van der Waals surface area contributed by atoms with Crippen LogP contribution in [0.4, 0.5) is 10.5 Å². The van der Waals surface area contributed by atoms with E-state index in [0.717, 1.165) is 41.6 Å². The molecule has 6 nitrogen and oxygen atoms in total. The molecular weight excluding hydrogens is 386 g/mol. The lowest BCUT2D eigenvalue weighted by molar-refractivity contribution is -0.135. The van der Waals surface area contributed by atoms with Crippen molar-refractivity contribution in [3.63, 3.8) is 0 Å². The fraction of sp³-hybridized carbons (Fsp3) is 0.500. The molecule has 0 aliphatic carbocycles. The molecule has 0 saturated carbocycles. The zero-order chi connectivity index (χ0) is 18.0. The number of hydrogen-bond donors (Lipinski definition) is 1. The first-order valence-electron chi connectivity index (χ1n) is 8.50. The molecule has 0 spiro atoms. The topological polar surface area (TPSA) is 71.0 Å². The zero-order valence-corrected chi connectivity index (χ0v) is 16.0. The van der Waals surface area contributed by atoms with Crippen molar-refractivity contribution >= 4 is 39.3 Å². The van der Waals surface area contributed by atoms with E-state index in [1.54, 1.807) is 6.92 Å². The molecule has 7 heteroatoms. The van der Waals surface area contributed by atoms with Crippen molar-refractivity contribution < 1.29 is 14.3 Å². The smallest absolute Gasteiger partial charge is 0.407 e. The molecule has 134 valence electrons. The Morgan fingerprint density at radius 3 is 2.96 bits per heavy atom. The number of aliphatic imine (C=N–C) groups is 1. The summed E-state index contributed by atoms with van der Waals surface area (Å²) in [5, 5.41) is 2.56. The van der Waals surface area contributed by atoms with Crippen LogP contribution in [0.5, 0.6) is 0 Å². The van der Waals surface area contributed by atoms with Gasteiger partial charge in [-0.05, 0) is 49.9 Å². The Labute approximate surface area is 155 Å². The average Bonchev–Trinajstić information content (AvgIpc) is 3.03. The number of rotatable bonds is 3. The first-order valence-corrected chi connectivity index (χ1v) is 9.29. The molecule has 25 heavy (non-hydrogen) atoms. The van der Waals surface area contributed by atoms with Crippen LogP contribution in [0.3, 0.4) is 0 Å². The van der Waals surface area contributed by atoms with Gasteiger partial charge in [0.05, 0.1) is 18.8 Å². The molecule has 0 unspecified atom stereocenters.